The number of nitriles is 1. The molecule has 0 saturated heterocycles. The fraction of sp³-hybridized carbons (Fsp3) is 0.533. The standard InChI is InChI=1S/C15H20N2/c1-12(17-15-5-3-2-4-6-15)14-9-7-13(11-16)8-10-14/h7-10,12,15,17H,2-6H2,1H3. The molecule has 17 heavy (non-hydrogen) atoms. The minimum Gasteiger partial charge on any atom is -0.307 e. The van der Waals surface area contributed by atoms with Crippen LogP contribution < -0.4 is 5.32 Å². The Bertz CT molecular complexity index is 382. The number of nitrogens with one attached hydrogen (secondary N) is 1. The topological polar surface area (TPSA) is 35.8 Å². The number of benzene rings is 1. The Kier molecular flexibility index (Phi) is 4.17. The van der Waals surface area contributed by atoms with Crippen LogP contribution in [0.1, 0.15) is 56.2 Å². The van der Waals surface area contributed by atoms with Crippen molar-refractivity contribution in [2.24, 2.45) is 0 Å². The summed E-state index contributed by atoms with van der Waals surface area (Å²) in [6.45, 7) is 2.20. The summed E-state index contributed by atoms with van der Waals surface area (Å²) in [5.74, 6) is 0. The summed E-state index contributed by atoms with van der Waals surface area (Å²) in [6.07, 6.45) is 6.72. The third kappa shape index (κ3) is 3.31. The van der Waals surface area contributed by atoms with Gasteiger partial charge in [0.15, 0.2) is 0 Å². The zero-order valence-corrected chi connectivity index (χ0v) is 10.4. The second-order valence-corrected chi connectivity index (χ2v) is 4.96. The third-order valence-electron chi connectivity index (χ3n) is 3.63. The van der Waals surface area contributed by atoms with Gasteiger partial charge in [-0.3, -0.25) is 0 Å². The molecule has 1 aliphatic rings. The molecular weight excluding hydrogens is 208 g/mol. The molecule has 2 heteroatoms. The molecule has 0 heterocycles. The van der Waals surface area contributed by atoms with E-state index in [9.17, 15) is 0 Å². The van der Waals surface area contributed by atoms with Crippen LogP contribution in [0.15, 0.2) is 24.3 Å². The van der Waals surface area contributed by atoms with Gasteiger partial charge in [-0.2, -0.15) is 5.26 Å². The maximum Gasteiger partial charge on any atom is 0.0991 e. The first-order valence-corrected chi connectivity index (χ1v) is 6.55. The predicted molar refractivity (Wildman–Crippen MR) is 69.6 cm³/mol. The van der Waals surface area contributed by atoms with E-state index in [0.29, 0.717) is 12.1 Å². The smallest absolute Gasteiger partial charge is 0.0991 e. The lowest BCUT2D eigenvalue weighted by Crippen LogP contribution is -2.33. The first kappa shape index (κ1) is 12.1. The summed E-state index contributed by atoms with van der Waals surface area (Å²) >= 11 is 0. The van der Waals surface area contributed by atoms with Crippen molar-refractivity contribution in [3.63, 3.8) is 0 Å². The van der Waals surface area contributed by atoms with Gasteiger partial charge in [-0.1, -0.05) is 31.4 Å². The Balaban J connectivity index is 1.94. The SMILES string of the molecule is CC(NC1CCCCC1)c1ccc(C#N)cc1. The van der Waals surface area contributed by atoms with Gasteiger partial charge in [-0.05, 0) is 37.5 Å². The van der Waals surface area contributed by atoms with Crippen LogP contribution in [-0.2, 0) is 0 Å². The number of nitrogens with zero attached hydrogens (tertiary/aromatic N) is 1. The van der Waals surface area contributed by atoms with Crippen molar-refractivity contribution in [2.45, 2.75) is 51.1 Å². The van der Waals surface area contributed by atoms with Crippen LogP contribution in [0.5, 0.6) is 0 Å². The zero-order chi connectivity index (χ0) is 12.1. The molecule has 0 amide bonds. The fourth-order valence-electron chi connectivity index (χ4n) is 2.57. The number of rotatable bonds is 3. The fourth-order valence-corrected chi connectivity index (χ4v) is 2.57. The van der Waals surface area contributed by atoms with Crippen LogP contribution in [0.2, 0.25) is 0 Å². The molecule has 0 aliphatic heterocycles. The van der Waals surface area contributed by atoms with Crippen LogP contribution in [0.4, 0.5) is 0 Å². The van der Waals surface area contributed by atoms with Crippen LogP contribution in [0, 0.1) is 11.3 Å². The lowest BCUT2D eigenvalue weighted by Gasteiger charge is -2.26. The van der Waals surface area contributed by atoms with Gasteiger partial charge in [0.25, 0.3) is 0 Å². The van der Waals surface area contributed by atoms with Crippen LogP contribution in [0.25, 0.3) is 0 Å². The predicted octanol–water partition coefficient (Wildman–Crippen LogP) is 3.54. The monoisotopic (exact) mass is 228 g/mol. The molecule has 0 radical (unpaired) electrons. The molecule has 1 saturated carbocycles. The zero-order valence-electron chi connectivity index (χ0n) is 10.4. The highest BCUT2D eigenvalue weighted by atomic mass is 14.9. The van der Waals surface area contributed by atoms with Gasteiger partial charge in [0, 0.05) is 12.1 Å². The molecular formula is C15H20N2. The van der Waals surface area contributed by atoms with E-state index < -0.39 is 0 Å². The van der Waals surface area contributed by atoms with Crippen molar-refractivity contribution >= 4 is 0 Å². The Morgan fingerprint density at radius 1 is 1.18 bits per heavy atom. The highest BCUT2D eigenvalue weighted by Gasteiger charge is 2.16. The molecule has 0 bridgehead atoms. The summed E-state index contributed by atoms with van der Waals surface area (Å²) in [6, 6.07) is 11.1. The summed E-state index contributed by atoms with van der Waals surface area (Å²) in [5.41, 5.74) is 2.01. The lowest BCUT2D eigenvalue weighted by atomic mass is 9.94. The van der Waals surface area contributed by atoms with Crippen molar-refractivity contribution in [1.29, 1.82) is 5.26 Å². The Hall–Kier alpha value is -1.33. The highest BCUT2D eigenvalue weighted by Crippen LogP contribution is 2.21. The quantitative estimate of drug-likeness (QED) is 0.859. The Morgan fingerprint density at radius 3 is 2.41 bits per heavy atom. The maximum atomic E-state index is 8.76. The van der Waals surface area contributed by atoms with Crippen molar-refractivity contribution in [1.82, 2.24) is 5.32 Å². The summed E-state index contributed by atoms with van der Waals surface area (Å²) < 4.78 is 0. The van der Waals surface area contributed by atoms with Gasteiger partial charge < -0.3 is 5.32 Å². The van der Waals surface area contributed by atoms with Crippen molar-refractivity contribution in [3.8, 4) is 6.07 Å². The molecule has 0 spiro atoms. The van der Waals surface area contributed by atoms with Crippen molar-refractivity contribution < 1.29 is 0 Å². The number of hydrogen-bond donors (Lipinski definition) is 1. The van der Waals surface area contributed by atoms with E-state index >= 15 is 0 Å². The molecule has 1 N–H and O–H groups in total. The molecule has 2 rings (SSSR count). The minimum absolute atomic E-state index is 0.380. The first-order valence-electron chi connectivity index (χ1n) is 6.55. The molecule has 1 aromatic carbocycles. The molecule has 1 unspecified atom stereocenters. The van der Waals surface area contributed by atoms with Crippen molar-refractivity contribution in [3.05, 3.63) is 35.4 Å². The van der Waals surface area contributed by atoms with E-state index in [1.54, 1.807) is 0 Å². The van der Waals surface area contributed by atoms with Gasteiger partial charge in [-0.25, -0.2) is 0 Å². The summed E-state index contributed by atoms with van der Waals surface area (Å²) in [7, 11) is 0. The molecule has 1 fully saturated rings. The number of hydrogen-bond acceptors (Lipinski definition) is 2. The van der Waals surface area contributed by atoms with E-state index in [4.69, 9.17) is 5.26 Å². The molecule has 1 aliphatic carbocycles. The molecule has 1 aromatic rings. The molecule has 0 aromatic heterocycles. The van der Waals surface area contributed by atoms with E-state index in [2.05, 4.69) is 30.4 Å². The molecule has 1 atom stereocenters. The highest BCUT2D eigenvalue weighted by molar-refractivity contribution is 5.32. The van der Waals surface area contributed by atoms with Crippen LogP contribution in [-0.4, -0.2) is 6.04 Å². The average molecular weight is 228 g/mol. The van der Waals surface area contributed by atoms with Gasteiger partial charge >= 0.3 is 0 Å². The second kappa shape index (κ2) is 5.84. The first-order chi connectivity index (χ1) is 8.29. The van der Waals surface area contributed by atoms with Crippen molar-refractivity contribution in [2.75, 3.05) is 0 Å². The largest absolute Gasteiger partial charge is 0.307 e. The van der Waals surface area contributed by atoms with E-state index in [1.165, 1.54) is 37.7 Å². The molecule has 2 nitrogen and oxygen atoms in total. The second-order valence-electron chi connectivity index (χ2n) is 4.96. The van der Waals surface area contributed by atoms with Crippen LogP contribution in [0.3, 0.4) is 0 Å². The van der Waals surface area contributed by atoms with E-state index in [1.807, 2.05) is 12.1 Å². The molecule has 90 valence electrons. The average Bonchev–Trinajstić information content (AvgIpc) is 2.40. The van der Waals surface area contributed by atoms with Gasteiger partial charge in [-0.15, -0.1) is 0 Å². The van der Waals surface area contributed by atoms with Gasteiger partial charge in [0.1, 0.15) is 0 Å². The Labute approximate surface area is 104 Å². The van der Waals surface area contributed by atoms with Gasteiger partial charge in [0.2, 0.25) is 0 Å². The van der Waals surface area contributed by atoms with E-state index in [0.717, 1.165) is 5.56 Å². The maximum absolute atomic E-state index is 8.76. The van der Waals surface area contributed by atoms with Crippen LogP contribution >= 0.6 is 0 Å². The Morgan fingerprint density at radius 2 is 1.82 bits per heavy atom. The normalized spacial score (nSPS) is 18.6. The van der Waals surface area contributed by atoms with Gasteiger partial charge in [0.05, 0.1) is 11.6 Å². The minimum atomic E-state index is 0.380. The summed E-state index contributed by atoms with van der Waals surface area (Å²) in [5, 5.41) is 12.5. The third-order valence-corrected chi connectivity index (χ3v) is 3.63. The summed E-state index contributed by atoms with van der Waals surface area (Å²) in [4.78, 5) is 0. The lowest BCUT2D eigenvalue weighted by molar-refractivity contribution is 0.347. The van der Waals surface area contributed by atoms with E-state index in [-0.39, 0.29) is 0 Å².